The second-order valence-electron chi connectivity index (χ2n) is 6.22. The van der Waals surface area contributed by atoms with Gasteiger partial charge in [0, 0.05) is 23.9 Å². The third kappa shape index (κ3) is 3.10. The largest absolute Gasteiger partial charge is 0.272 e. The molecule has 5 heteroatoms. The summed E-state index contributed by atoms with van der Waals surface area (Å²) in [4.78, 5) is 4.05. The van der Waals surface area contributed by atoms with Gasteiger partial charge in [0.25, 0.3) is 0 Å². The first-order valence-electron chi connectivity index (χ1n) is 7.34. The van der Waals surface area contributed by atoms with Gasteiger partial charge in [-0.05, 0) is 30.4 Å². The van der Waals surface area contributed by atoms with Crippen molar-refractivity contribution in [3.05, 3.63) is 35.4 Å². The lowest BCUT2D eigenvalue weighted by Crippen LogP contribution is -2.19. The van der Waals surface area contributed by atoms with Gasteiger partial charge in [-0.1, -0.05) is 31.4 Å². The van der Waals surface area contributed by atoms with Gasteiger partial charge in [-0.15, -0.1) is 0 Å². The molecule has 0 aliphatic heterocycles. The Hall–Kier alpha value is -1.42. The predicted molar refractivity (Wildman–Crippen MR) is 81.9 cm³/mol. The van der Waals surface area contributed by atoms with Gasteiger partial charge in [0.1, 0.15) is 11.8 Å². The quantitative estimate of drug-likeness (QED) is 0.770. The van der Waals surface area contributed by atoms with Crippen molar-refractivity contribution in [1.29, 1.82) is 0 Å². The lowest BCUT2D eigenvalue weighted by Gasteiger charge is -2.22. The van der Waals surface area contributed by atoms with E-state index in [1.807, 2.05) is 16.9 Å². The molecule has 1 saturated carbocycles. The molecule has 0 atom stereocenters. The maximum atomic E-state index is 12.6. The van der Waals surface area contributed by atoms with Crippen LogP contribution in [0, 0.1) is 5.41 Å². The first-order valence-corrected chi connectivity index (χ1v) is 7.72. The third-order valence-corrected chi connectivity index (χ3v) is 4.63. The first-order chi connectivity index (χ1) is 10.1. The summed E-state index contributed by atoms with van der Waals surface area (Å²) in [5.74, 6) is 0. The lowest BCUT2D eigenvalue weighted by atomic mass is 9.89. The van der Waals surface area contributed by atoms with Crippen molar-refractivity contribution in [2.24, 2.45) is 5.41 Å². The number of hydrogen-bond acceptors (Lipinski definition) is 2. The highest BCUT2D eigenvalue weighted by Gasteiger charge is 2.29. The minimum atomic E-state index is -0.600. The van der Waals surface area contributed by atoms with E-state index in [-0.39, 0.29) is 0 Å². The van der Waals surface area contributed by atoms with Crippen LogP contribution in [0.5, 0.6) is 0 Å². The summed E-state index contributed by atoms with van der Waals surface area (Å²) < 4.78 is 14.6. The number of halogens is 2. The van der Waals surface area contributed by atoms with Gasteiger partial charge in [0.05, 0.1) is 11.9 Å². The fraction of sp³-hybridized carbons (Fsp3) is 0.500. The molecule has 2 heterocycles. The summed E-state index contributed by atoms with van der Waals surface area (Å²) >= 11 is 6.13. The number of rotatable bonds is 4. The average Bonchev–Trinajstić information content (AvgIpc) is 3.08. The first kappa shape index (κ1) is 14.5. The van der Waals surface area contributed by atoms with Gasteiger partial charge in [-0.2, -0.15) is 5.10 Å². The highest BCUT2D eigenvalue weighted by molar-refractivity contribution is 6.32. The summed E-state index contributed by atoms with van der Waals surface area (Å²) in [6.45, 7) is 2.66. The van der Waals surface area contributed by atoms with E-state index < -0.39 is 6.67 Å². The number of hydrogen-bond donors (Lipinski definition) is 0. The Bertz CT molecular complexity index is 632. The minimum Gasteiger partial charge on any atom is -0.272 e. The van der Waals surface area contributed by atoms with Crippen LogP contribution in [0.1, 0.15) is 38.3 Å². The van der Waals surface area contributed by atoms with E-state index in [9.17, 15) is 4.39 Å². The topological polar surface area (TPSA) is 30.7 Å². The van der Waals surface area contributed by atoms with Crippen LogP contribution in [0.3, 0.4) is 0 Å². The summed E-state index contributed by atoms with van der Waals surface area (Å²) in [7, 11) is 0. The Kier molecular flexibility index (Phi) is 3.98. The fourth-order valence-corrected chi connectivity index (χ4v) is 3.41. The number of pyridine rings is 1. The smallest absolute Gasteiger partial charge is 0.137 e. The van der Waals surface area contributed by atoms with Crippen molar-refractivity contribution >= 4 is 11.6 Å². The normalized spacial score (nSPS) is 17.3. The van der Waals surface area contributed by atoms with Crippen LogP contribution in [0.4, 0.5) is 4.39 Å². The van der Waals surface area contributed by atoms with Crippen LogP contribution in [0.2, 0.25) is 5.15 Å². The van der Waals surface area contributed by atoms with Crippen molar-refractivity contribution in [2.75, 3.05) is 0 Å². The molecule has 112 valence electrons. The standard InChI is InChI=1S/C16H19ClFN3/c1-16(6-2-3-7-16)11-21-10-12(9-19-21)14-5-4-13(8-18)20-15(14)17/h4-5,9-10H,2-3,6-8,11H2,1H3. The molecule has 0 saturated heterocycles. The Balaban J connectivity index is 1.81. The van der Waals surface area contributed by atoms with Crippen molar-refractivity contribution < 1.29 is 4.39 Å². The van der Waals surface area contributed by atoms with Gasteiger partial charge >= 0.3 is 0 Å². The molecule has 3 rings (SSSR count). The Morgan fingerprint density at radius 3 is 2.76 bits per heavy atom. The zero-order valence-electron chi connectivity index (χ0n) is 12.1. The van der Waals surface area contributed by atoms with Crippen LogP contribution in [0.15, 0.2) is 24.5 Å². The van der Waals surface area contributed by atoms with Gasteiger partial charge in [-0.25, -0.2) is 9.37 Å². The molecular weight excluding hydrogens is 289 g/mol. The minimum absolute atomic E-state index is 0.330. The van der Waals surface area contributed by atoms with Gasteiger partial charge in [-0.3, -0.25) is 4.68 Å². The lowest BCUT2D eigenvalue weighted by molar-refractivity contribution is 0.268. The number of aromatic nitrogens is 3. The zero-order chi connectivity index (χ0) is 14.9. The highest BCUT2D eigenvalue weighted by atomic mass is 35.5. The highest BCUT2D eigenvalue weighted by Crippen LogP contribution is 2.39. The molecule has 0 amide bonds. The molecule has 2 aromatic rings. The maximum absolute atomic E-state index is 12.6. The van der Waals surface area contributed by atoms with E-state index >= 15 is 0 Å². The SMILES string of the molecule is CC1(Cn2cc(-c3ccc(CF)nc3Cl)cn2)CCCC1. The fourth-order valence-electron chi connectivity index (χ4n) is 3.13. The summed E-state index contributed by atoms with van der Waals surface area (Å²) in [6.07, 6.45) is 8.94. The van der Waals surface area contributed by atoms with Gasteiger partial charge in [0.2, 0.25) is 0 Å². The van der Waals surface area contributed by atoms with Crippen LogP contribution in [-0.2, 0) is 13.2 Å². The Morgan fingerprint density at radius 1 is 1.33 bits per heavy atom. The molecule has 0 unspecified atom stereocenters. The van der Waals surface area contributed by atoms with Crippen LogP contribution in [-0.4, -0.2) is 14.8 Å². The molecule has 0 bridgehead atoms. The van der Waals surface area contributed by atoms with Crippen LogP contribution >= 0.6 is 11.6 Å². The van der Waals surface area contributed by atoms with Crippen molar-refractivity contribution in [2.45, 2.75) is 45.8 Å². The average molecular weight is 308 g/mol. The second-order valence-corrected chi connectivity index (χ2v) is 6.58. The number of nitrogens with zero attached hydrogens (tertiary/aromatic N) is 3. The summed E-state index contributed by atoms with van der Waals surface area (Å²) in [5.41, 5.74) is 2.44. The van der Waals surface area contributed by atoms with Crippen LogP contribution in [0.25, 0.3) is 11.1 Å². The molecule has 1 aliphatic carbocycles. The molecule has 0 radical (unpaired) electrons. The van der Waals surface area contributed by atoms with E-state index in [4.69, 9.17) is 11.6 Å². The summed E-state index contributed by atoms with van der Waals surface area (Å²) in [6, 6.07) is 3.47. The molecule has 1 aliphatic rings. The molecule has 1 fully saturated rings. The zero-order valence-corrected chi connectivity index (χ0v) is 12.9. The number of alkyl halides is 1. The predicted octanol–water partition coefficient (Wildman–Crippen LogP) is 4.65. The molecular formula is C16H19ClFN3. The van der Waals surface area contributed by atoms with Gasteiger partial charge < -0.3 is 0 Å². The second kappa shape index (κ2) is 5.76. The molecule has 0 N–H and O–H groups in total. The summed E-state index contributed by atoms with van der Waals surface area (Å²) in [5, 5.41) is 4.77. The maximum Gasteiger partial charge on any atom is 0.137 e. The molecule has 3 nitrogen and oxygen atoms in total. The third-order valence-electron chi connectivity index (χ3n) is 4.34. The van der Waals surface area contributed by atoms with E-state index in [1.165, 1.54) is 25.7 Å². The van der Waals surface area contributed by atoms with E-state index in [1.54, 1.807) is 12.3 Å². The monoisotopic (exact) mass is 307 g/mol. The molecule has 21 heavy (non-hydrogen) atoms. The molecule has 0 aromatic carbocycles. The molecule has 0 spiro atoms. The van der Waals surface area contributed by atoms with E-state index in [0.29, 0.717) is 16.3 Å². The van der Waals surface area contributed by atoms with E-state index in [2.05, 4.69) is 17.0 Å². The van der Waals surface area contributed by atoms with Crippen molar-refractivity contribution in [3.63, 3.8) is 0 Å². The van der Waals surface area contributed by atoms with Gasteiger partial charge in [0.15, 0.2) is 0 Å². The Morgan fingerprint density at radius 2 is 2.10 bits per heavy atom. The van der Waals surface area contributed by atoms with Crippen LogP contribution < -0.4 is 0 Å². The van der Waals surface area contributed by atoms with Crippen molar-refractivity contribution in [1.82, 2.24) is 14.8 Å². The van der Waals surface area contributed by atoms with E-state index in [0.717, 1.165) is 17.7 Å². The Labute approximate surface area is 129 Å². The molecule has 2 aromatic heterocycles. The van der Waals surface area contributed by atoms with Crippen molar-refractivity contribution in [3.8, 4) is 11.1 Å².